The Bertz CT molecular complexity index is 4280. The van der Waals surface area contributed by atoms with Gasteiger partial charge in [0.2, 0.25) is 0 Å². The molecule has 0 spiro atoms. The third-order valence-electron chi connectivity index (χ3n) is 15.2. The number of hydrogen-bond donors (Lipinski definition) is 0. The molecule has 0 bridgehead atoms. The SMILES string of the molecule is C1=CC2=CC=CC3=CC(N(c4ccc(N(c5cc6c7c(cccc7c5)CC=C6)c5ccc6c(c5)c5ccccc5n6-c5ccccc5)cc4)c4ccc5c(c4)c4ccccc4n5-c4ccccc4)=CC(=C1)C23. The van der Waals surface area contributed by atoms with Crippen LogP contribution in [-0.4, -0.2) is 9.13 Å². The molecule has 0 amide bonds. The van der Waals surface area contributed by atoms with Gasteiger partial charge in [-0.1, -0.05) is 140 Å². The molecule has 0 saturated carbocycles. The summed E-state index contributed by atoms with van der Waals surface area (Å²) in [4.78, 5) is 4.90. The van der Waals surface area contributed by atoms with Gasteiger partial charge in [0.15, 0.2) is 0 Å². The first kappa shape index (κ1) is 40.5. The Labute approximate surface area is 417 Å². The quantitative estimate of drug-likeness (QED) is 0.151. The maximum absolute atomic E-state index is 2.45. The van der Waals surface area contributed by atoms with Crippen LogP contribution >= 0.6 is 0 Å². The second-order valence-corrected chi connectivity index (χ2v) is 19.3. The standard InChI is InChI=1S/C68H46N4/c1-3-23-51(24-4-1)71-63-29-9-7-27-59(63)61-43-55(35-37-65(61)71)69(57-39-47-19-11-15-45-16-12-20-48(40-57)67(45)47)53-31-33-54(34-32-53)70(58-41-49-21-13-17-46-18-14-22-50(42-58)68(46)49)56-36-38-66-62(44-56)60-28-8-10-30-64(60)72(66)52-25-5-2-6-26-52/h1-17,19-44,67H,18H2. The smallest absolute Gasteiger partial charge is 0.0542 e. The van der Waals surface area contributed by atoms with E-state index in [9.17, 15) is 0 Å². The molecule has 4 aliphatic carbocycles. The summed E-state index contributed by atoms with van der Waals surface area (Å²) in [6.45, 7) is 0. The van der Waals surface area contributed by atoms with Gasteiger partial charge in [-0.05, 0) is 166 Å². The molecule has 0 N–H and O–H groups in total. The molecule has 9 aromatic carbocycles. The van der Waals surface area contributed by atoms with Crippen molar-refractivity contribution in [3.05, 3.63) is 288 Å². The molecule has 2 heterocycles. The van der Waals surface area contributed by atoms with Crippen molar-refractivity contribution in [2.45, 2.75) is 6.42 Å². The molecule has 0 aliphatic heterocycles. The summed E-state index contributed by atoms with van der Waals surface area (Å²) in [5.41, 5.74) is 20.2. The molecule has 4 heteroatoms. The lowest BCUT2D eigenvalue weighted by Crippen LogP contribution is -2.22. The van der Waals surface area contributed by atoms with Crippen molar-refractivity contribution < 1.29 is 0 Å². The highest BCUT2D eigenvalue weighted by molar-refractivity contribution is 6.12. The van der Waals surface area contributed by atoms with Gasteiger partial charge in [-0.3, -0.25) is 0 Å². The fraction of sp³-hybridized carbons (Fsp3) is 0.0294. The first-order valence-electron chi connectivity index (χ1n) is 25.0. The lowest BCUT2D eigenvalue weighted by Gasteiger charge is -2.34. The topological polar surface area (TPSA) is 16.3 Å². The molecule has 72 heavy (non-hydrogen) atoms. The molecule has 338 valence electrons. The van der Waals surface area contributed by atoms with Crippen molar-refractivity contribution in [3.8, 4) is 11.4 Å². The number of allylic oxidation sites excluding steroid dienone is 12. The molecule has 0 fully saturated rings. The minimum atomic E-state index is 0.241. The van der Waals surface area contributed by atoms with Gasteiger partial charge in [0, 0.05) is 73.0 Å². The van der Waals surface area contributed by atoms with Gasteiger partial charge in [0.05, 0.1) is 22.1 Å². The van der Waals surface area contributed by atoms with Crippen LogP contribution in [0.1, 0.15) is 11.1 Å². The highest BCUT2D eigenvalue weighted by Gasteiger charge is 2.30. The maximum atomic E-state index is 2.45. The lowest BCUT2D eigenvalue weighted by molar-refractivity contribution is 0.866. The summed E-state index contributed by atoms with van der Waals surface area (Å²) in [5.74, 6) is 0.241. The predicted molar refractivity (Wildman–Crippen MR) is 303 cm³/mol. The molecule has 0 radical (unpaired) electrons. The van der Waals surface area contributed by atoms with Crippen LogP contribution in [0.5, 0.6) is 0 Å². The van der Waals surface area contributed by atoms with Gasteiger partial charge in [-0.25, -0.2) is 0 Å². The van der Waals surface area contributed by atoms with Crippen LogP contribution < -0.4 is 9.80 Å². The van der Waals surface area contributed by atoms with E-state index in [0.717, 1.165) is 51.9 Å². The molecule has 1 unspecified atom stereocenters. The van der Waals surface area contributed by atoms with Crippen LogP contribution in [0.2, 0.25) is 0 Å². The zero-order valence-electron chi connectivity index (χ0n) is 39.4. The average molecular weight is 919 g/mol. The van der Waals surface area contributed by atoms with Crippen molar-refractivity contribution in [1.82, 2.24) is 9.13 Å². The summed E-state index contributed by atoms with van der Waals surface area (Å²) in [7, 11) is 0. The summed E-state index contributed by atoms with van der Waals surface area (Å²) in [6, 6.07) is 73.8. The van der Waals surface area contributed by atoms with Crippen LogP contribution in [0.15, 0.2) is 277 Å². The predicted octanol–water partition coefficient (Wildman–Crippen LogP) is 17.6. The van der Waals surface area contributed by atoms with Crippen molar-refractivity contribution in [1.29, 1.82) is 0 Å². The average Bonchev–Trinajstić information content (AvgIpc) is 3.95. The number of anilines is 5. The fourth-order valence-electron chi connectivity index (χ4n) is 12.2. The number of nitrogens with zero attached hydrogens (tertiary/aromatic N) is 4. The van der Waals surface area contributed by atoms with Gasteiger partial charge in [0.25, 0.3) is 0 Å². The zero-order chi connectivity index (χ0) is 47.3. The number of benzene rings is 9. The van der Waals surface area contributed by atoms with Gasteiger partial charge in [-0.15, -0.1) is 0 Å². The Hall–Kier alpha value is -9.38. The maximum Gasteiger partial charge on any atom is 0.0542 e. The van der Waals surface area contributed by atoms with E-state index in [4.69, 9.17) is 0 Å². The van der Waals surface area contributed by atoms with Crippen LogP contribution in [0.4, 0.5) is 28.4 Å². The number of fused-ring (bicyclic) bond motifs is 6. The first-order valence-corrected chi connectivity index (χ1v) is 25.0. The third kappa shape index (κ3) is 6.32. The normalized spacial score (nSPS) is 15.5. The Morgan fingerprint density at radius 2 is 0.944 bits per heavy atom. The van der Waals surface area contributed by atoms with E-state index in [1.165, 1.54) is 82.2 Å². The van der Waals surface area contributed by atoms with Crippen LogP contribution in [0.25, 0.3) is 71.8 Å². The molecule has 1 atom stereocenters. The second kappa shape index (κ2) is 16.1. The van der Waals surface area contributed by atoms with Gasteiger partial charge in [-0.2, -0.15) is 0 Å². The third-order valence-corrected chi connectivity index (χ3v) is 15.2. The van der Waals surface area contributed by atoms with E-state index in [2.05, 4.69) is 280 Å². The summed E-state index contributed by atoms with van der Waals surface area (Å²) in [5, 5.41) is 7.48. The molecule has 2 aromatic heterocycles. The molecule has 15 rings (SSSR count). The number of rotatable bonds is 8. The van der Waals surface area contributed by atoms with Crippen LogP contribution in [-0.2, 0) is 6.42 Å². The molecule has 4 nitrogen and oxygen atoms in total. The summed E-state index contributed by atoms with van der Waals surface area (Å²) < 4.78 is 4.78. The Morgan fingerprint density at radius 3 is 1.61 bits per heavy atom. The van der Waals surface area contributed by atoms with Crippen molar-refractivity contribution >= 4 is 88.9 Å². The van der Waals surface area contributed by atoms with E-state index in [1.807, 2.05) is 0 Å². The van der Waals surface area contributed by atoms with Crippen LogP contribution in [0, 0.1) is 5.92 Å². The number of para-hydroxylation sites is 4. The largest absolute Gasteiger partial charge is 0.310 e. The zero-order valence-corrected chi connectivity index (χ0v) is 39.4. The van der Waals surface area contributed by atoms with Crippen molar-refractivity contribution in [2.75, 3.05) is 9.80 Å². The molecule has 11 aromatic rings. The lowest BCUT2D eigenvalue weighted by atomic mass is 9.75. The van der Waals surface area contributed by atoms with E-state index in [1.54, 1.807) is 0 Å². The first-order chi connectivity index (χ1) is 35.7. The van der Waals surface area contributed by atoms with E-state index >= 15 is 0 Å². The van der Waals surface area contributed by atoms with Crippen molar-refractivity contribution in [3.63, 3.8) is 0 Å². The molecule has 4 aliphatic rings. The molecular formula is C68H46N4. The second-order valence-electron chi connectivity index (χ2n) is 19.3. The summed E-state index contributed by atoms with van der Waals surface area (Å²) >= 11 is 0. The number of hydrogen-bond acceptors (Lipinski definition) is 2. The Kier molecular flexibility index (Phi) is 9.05. The van der Waals surface area contributed by atoms with E-state index in [-0.39, 0.29) is 5.92 Å². The van der Waals surface area contributed by atoms with Crippen LogP contribution in [0.3, 0.4) is 0 Å². The van der Waals surface area contributed by atoms with Gasteiger partial charge < -0.3 is 18.9 Å². The highest BCUT2D eigenvalue weighted by atomic mass is 15.2. The number of aromatic nitrogens is 2. The summed E-state index contributed by atoms with van der Waals surface area (Å²) in [6.07, 6.45) is 23.8. The van der Waals surface area contributed by atoms with Crippen molar-refractivity contribution in [2.24, 2.45) is 5.92 Å². The Balaban J connectivity index is 0.922. The van der Waals surface area contributed by atoms with Gasteiger partial charge in [0.1, 0.15) is 0 Å². The minimum Gasteiger partial charge on any atom is -0.310 e. The molecule has 0 saturated heterocycles. The molecular weight excluding hydrogens is 873 g/mol. The van der Waals surface area contributed by atoms with Gasteiger partial charge >= 0.3 is 0 Å². The Morgan fingerprint density at radius 1 is 0.389 bits per heavy atom. The fourth-order valence-corrected chi connectivity index (χ4v) is 12.2. The minimum absolute atomic E-state index is 0.241. The highest BCUT2D eigenvalue weighted by Crippen LogP contribution is 2.47. The monoisotopic (exact) mass is 918 g/mol. The van der Waals surface area contributed by atoms with E-state index < -0.39 is 0 Å². The van der Waals surface area contributed by atoms with E-state index in [0.29, 0.717) is 0 Å².